The molecule has 2 fully saturated rings. The van der Waals surface area contributed by atoms with Gasteiger partial charge in [-0.25, -0.2) is 9.97 Å². The smallest absolute Gasteiger partial charge is 0.238 e. The first-order chi connectivity index (χ1) is 13.1. The van der Waals surface area contributed by atoms with Crippen LogP contribution >= 0.6 is 11.6 Å². The van der Waals surface area contributed by atoms with Crippen LogP contribution in [0.1, 0.15) is 38.5 Å². The maximum Gasteiger partial charge on any atom is 0.238 e. The van der Waals surface area contributed by atoms with Gasteiger partial charge in [0.1, 0.15) is 17.9 Å². The molecule has 1 aliphatic heterocycles. The zero-order valence-electron chi connectivity index (χ0n) is 14.9. The molecule has 2 atom stereocenters. The molecule has 1 saturated carbocycles. The summed E-state index contributed by atoms with van der Waals surface area (Å²) >= 11 is 5.80. The number of halogens is 1. The first kappa shape index (κ1) is 19.3. The lowest BCUT2D eigenvalue weighted by atomic mass is 9.91. The van der Waals surface area contributed by atoms with Gasteiger partial charge >= 0.3 is 0 Å². The van der Waals surface area contributed by atoms with Crippen molar-refractivity contribution in [3.8, 4) is 12.1 Å². The van der Waals surface area contributed by atoms with E-state index in [-0.39, 0.29) is 23.8 Å². The number of aromatic nitrogens is 2. The van der Waals surface area contributed by atoms with Gasteiger partial charge in [0.2, 0.25) is 11.2 Å². The topological polar surface area (TPSA) is 118 Å². The summed E-state index contributed by atoms with van der Waals surface area (Å²) in [5, 5.41) is 25.3. The van der Waals surface area contributed by atoms with Crippen molar-refractivity contribution < 1.29 is 4.79 Å². The molecule has 3 rings (SSSR count). The SMILES string of the molecule is N#C[C@@H]1CC[C@H](C#N)N1C(=O)CNC1CCC(Nc2ccnc(Cl)n2)CC1. The number of anilines is 1. The van der Waals surface area contributed by atoms with Gasteiger partial charge in [-0.3, -0.25) is 4.79 Å². The summed E-state index contributed by atoms with van der Waals surface area (Å²) < 4.78 is 0. The first-order valence-corrected chi connectivity index (χ1v) is 9.57. The maximum atomic E-state index is 12.5. The Morgan fingerprint density at radius 2 is 1.78 bits per heavy atom. The summed E-state index contributed by atoms with van der Waals surface area (Å²) in [6, 6.07) is 5.65. The highest BCUT2D eigenvalue weighted by atomic mass is 35.5. The van der Waals surface area contributed by atoms with Crippen molar-refractivity contribution in [1.82, 2.24) is 20.2 Å². The van der Waals surface area contributed by atoms with Crippen LogP contribution < -0.4 is 10.6 Å². The fourth-order valence-corrected chi connectivity index (χ4v) is 3.95. The Morgan fingerprint density at radius 1 is 1.15 bits per heavy atom. The monoisotopic (exact) mass is 387 g/mol. The van der Waals surface area contributed by atoms with Gasteiger partial charge in [0.05, 0.1) is 18.7 Å². The number of likely N-dealkylation sites (tertiary alicyclic amines) is 1. The fraction of sp³-hybridized carbons (Fsp3) is 0.611. The van der Waals surface area contributed by atoms with Crippen LogP contribution in [0.2, 0.25) is 5.28 Å². The third-order valence-electron chi connectivity index (χ3n) is 5.22. The van der Waals surface area contributed by atoms with E-state index in [1.54, 1.807) is 12.3 Å². The van der Waals surface area contributed by atoms with Crippen LogP contribution in [0.5, 0.6) is 0 Å². The molecule has 9 heteroatoms. The van der Waals surface area contributed by atoms with Crippen molar-refractivity contribution in [2.24, 2.45) is 0 Å². The van der Waals surface area contributed by atoms with Gasteiger partial charge in [0, 0.05) is 18.3 Å². The summed E-state index contributed by atoms with van der Waals surface area (Å²) in [5.74, 6) is 0.558. The third kappa shape index (κ3) is 4.85. The Labute approximate surface area is 163 Å². The Hall–Kier alpha value is -2.42. The van der Waals surface area contributed by atoms with Crippen molar-refractivity contribution in [2.45, 2.75) is 62.7 Å². The van der Waals surface area contributed by atoms with Crippen molar-refractivity contribution in [2.75, 3.05) is 11.9 Å². The second kappa shape index (κ2) is 8.98. The number of nitriles is 2. The molecule has 0 aromatic carbocycles. The highest BCUT2D eigenvalue weighted by molar-refractivity contribution is 6.28. The molecule has 0 unspecified atom stereocenters. The molecule has 2 aliphatic rings. The predicted octanol–water partition coefficient (Wildman–Crippen LogP) is 1.85. The third-order valence-corrected chi connectivity index (χ3v) is 5.40. The van der Waals surface area contributed by atoms with Crippen LogP contribution in [-0.2, 0) is 4.79 Å². The number of hydrogen-bond donors (Lipinski definition) is 2. The summed E-state index contributed by atoms with van der Waals surface area (Å²) in [6.45, 7) is 0.167. The zero-order valence-corrected chi connectivity index (χ0v) is 15.7. The van der Waals surface area contributed by atoms with Crippen LogP contribution in [0.25, 0.3) is 0 Å². The molecule has 1 amide bonds. The van der Waals surface area contributed by atoms with Crippen LogP contribution in [0.4, 0.5) is 5.82 Å². The molecular weight excluding hydrogens is 366 g/mol. The van der Waals surface area contributed by atoms with Gasteiger partial charge in [-0.2, -0.15) is 10.5 Å². The number of carbonyl (C=O) groups excluding carboxylic acids is 1. The second-order valence-electron chi connectivity index (χ2n) is 6.95. The minimum atomic E-state index is -0.483. The van der Waals surface area contributed by atoms with E-state index in [2.05, 4.69) is 32.7 Å². The van der Waals surface area contributed by atoms with E-state index >= 15 is 0 Å². The van der Waals surface area contributed by atoms with Crippen molar-refractivity contribution >= 4 is 23.3 Å². The number of nitrogens with zero attached hydrogens (tertiary/aromatic N) is 5. The number of nitrogens with one attached hydrogen (secondary N) is 2. The Bertz CT molecular complexity index is 729. The Balaban J connectivity index is 1.43. The average Bonchev–Trinajstić information content (AvgIpc) is 3.10. The van der Waals surface area contributed by atoms with E-state index in [1.165, 1.54) is 4.90 Å². The van der Waals surface area contributed by atoms with Gasteiger partial charge in [-0.15, -0.1) is 0 Å². The molecule has 2 heterocycles. The molecule has 1 aromatic rings. The minimum absolute atomic E-state index is 0.165. The Kier molecular flexibility index (Phi) is 6.44. The minimum Gasteiger partial charge on any atom is -0.367 e. The van der Waals surface area contributed by atoms with Crippen LogP contribution in [0, 0.1) is 22.7 Å². The van der Waals surface area contributed by atoms with Gasteiger partial charge in [0.15, 0.2) is 0 Å². The van der Waals surface area contributed by atoms with Crippen molar-refractivity contribution in [3.05, 3.63) is 17.5 Å². The molecule has 0 bridgehead atoms. The summed E-state index contributed by atoms with van der Waals surface area (Å²) in [6.07, 6.45) is 6.56. The molecule has 1 saturated heterocycles. The number of rotatable bonds is 5. The molecule has 8 nitrogen and oxygen atoms in total. The largest absolute Gasteiger partial charge is 0.367 e. The summed E-state index contributed by atoms with van der Waals surface area (Å²) in [4.78, 5) is 21.9. The lowest BCUT2D eigenvalue weighted by Crippen LogP contribution is -2.47. The Morgan fingerprint density at radius 3 is 2.37 bits per heavy atom. The first-order valence-electron chi connectivity index (χ1n) is 9.19. The standard InChI is InChI=1S/C18H22ClN7O/c19-18-22-8-7-16(25-18)24-13-3-1-12(2-4-13)23-11-17(27)26-14(9-20)5-6-15(26)10-21/h7-8,12-15,23H,1-6,11H2,(H,22,24,25)/t12?,13?,14-,15+. The lowest BCUT2D eigenvalue weighted by molar-refractivity contribution is -0.131. The van der Waals surface area contributed by atoms with Crippen LogP contribution in [0.15, 0.2) is 12.3 Å². The van der Waals surface area contributed by atoms with Gasteiger partial charge in [-0.05, 0) is 56.2 Å². The van der Waals surface area contributed by atoms with E-state index in [9.17, 15) is 15.3 Å². The van der Waals surface area contributed by atoms with E-state index < -0.39 is 12.1 Å². The predicted molar refractivity (Wildman–Crippen MR) is 99.6 cm³/mol. The molecule has 0 spiro atoms. The van der Waals surface area contributed by atoms with Crippen LogP contribution in [-0.4, -0.2) is 51.5 Å². The molecule has 2 N–H and O–H groups in total. The van der Waals surface area contributed by atoms with E-state index in [4.69, 9.17) is 11.6 Å². The number of carbonyl (C=O) groups is 1. The van der Waals surface area contributed by atoms with E-state index in [0.717, 1.165) is 31.5 Å². The highest BCUT2D eigenvalue weighted by Crippen LogP contribution is 2.24. The summed E-state index contributed by atoms with van der Waals surface area (Å²) in [5.41, 5.74) is 0. The van der Waals surface area contributed by atoms with Crippen molar-refractivity contribution in [1.29, 1.82) is 10.5 Å². The second-order valence-corrected chi connectivity index (χ2v) is 7.29. The fourth-order valence-electron chi connectivity index (χ4n) is 3.80. The van der Waals surface area contributed by atoms with E-state index in [1.807, 2.05) is 0 Å². The summed E-state index contributed by atoms with van der Waals surface area (Å²) in [7, 11) is 0. The van der Waals surface area contributed by atoms with E-state index in [0.29, 0.717) is 18.9 Å². The molecule has 1 aliphatic carbocycles. The maximum absolute atomic E-state index is 12.5. The zero-order chi connectivity index (χ0) is 19.2. The number of amides is 1. The number of hydrogen-bond acceptors (Lipinski definition) is 7. The lowest BCUT2D eigenvalue weighted by Gasteiger charge is -2.31. The molecule has 0 radical (unpaired) electrons. The van der Waals surface area contributed by atoms with Gasteiger partial charge < -0.3 is 15.5 Å². The molecule has 1 aromatic heterocycles. The quantitative estimate of drug-likeness (QED) is 0.740. The molecule has 27 heavy (non-hydrogen) atoms. The average molecular weight is 388 g/mol. The van der Waals surface area contributed by atoms with Gasteiger partial charge in [-0.1, -0.05) is 0 Å². The highest BCUT2D eigenvalue weighted by Gasteiger charge is 2.37. The van der Waals surface area contributed by atoms with Gasteiger partial charge in [0.25, 0.3) is 0 Å². The van der Waals surface area contributed by atoms with Crippen LogP contribution in [0.3, 0.4) is 0 Å². The molecular formula is C18H22ClN7O. The molecule has 142 valence electrons. The van der Waals surface area contributed by atoms with Crippen molar-refractivity contribution in [3.63, 3.8) is 0 Å². The normalized spacial score (nSPS) is 27.6.